The lowest BCUT2D eigenvalue weighted by Gasteiger charge is -2.12. The van der Waals surface area contributed by atoms with Crippen molar-refractivity contribution in [2.24, 2.45) is 0 Å². The minimum absolute atomic E-state index is 0.0261. The van der Waals surface area contributed by atoms with Crippen LogP contribution in [0, 0.1) is 0 Å². The Morgan fingerprint density at radius 2 is 1.80 bits per heavy atom. The molecule has 2 aromatic rings. The Bertz CT molecular complexity index is 725. The van der Waals surface area contributed by atoms with Crippen LogP contribution in [0.1, 0.15) is 23.5 Å². The van der Waals surface area contributed by atoms with Gasteiger partial charge in [-0.2, -0.15) is 0 Å². The van der Waals surface area contributed by atoms with E-state index in [0.717, 1.165) is 22.3 Å². The van der Waals surface area contributed by atoms with E-state index >= 15 is 0 Å². The Hall–Kier alpha value is -1.22. The van der Waals surface area contributed by atoms with Crippen molar-refractivity contribution in [3.05, 3.63) is 56.5 Å². The van der Waals surface area contributed by atoms with Crippen LogP contribution in [0.5, 0.6) is 0 Å². The quantitative estimate of drug-likeness (QED) is 0.819. The molecule has 102 valence electrons. The minimum atomic E-state index is -0.875. The number of rotatable bonds is 2. The van der Waals surface area contributed by atoms with Crippen molar-refractivity contribution in [2.75, 3.05) is 0 Å². The summed E-state index contributed by atoms with van der Waals surface area (Å²) in [4.78, 5) is 11.1. The van der Waals surface area contributed by atoms with Crippen molar-refractivity contribution in [3.63, 3.8) is 0 Å². The fourth-order valence-electron chi connectivity index (χ4n) is 2.77. The lowest BCUT2D eigenvalue weighted by atomic mass is 9.93. The maximum absolute atomic E-state index is 11.1. The van der Waals surface area contributed by atoms with Crippen LogP contribution in [0.15, 0.2) is 30.3 Å². The molecule has 0 bridgehead atoms. The number of carboxylic acids is 1. The Balaban J connectivity index is 2.28. The summed E-state index contributed by atoms with van der Waals surface area (Å²) in [5, 5.41) is 10.7. The first-order chi connectivity index (χ1) is 9.47. The molecule has 0 radical (unpaired) electrons. The van der Waals surface area contributed by atoms with Crippen molar-refractivity contribution in [2.45, 2.75) is 12.3 Å². The largest absolute Gasteiger partial charge is 0.481 e. The van der Waals surface area contributed by atoms with E-state index in [4.69, 9.17) is 39.9 Å². The predicted molar refractivity (Wildman–Crippen MR) is 81.0 cm³/mol. The van der Waals surface area contributed by atoms with E-state index in [1.807, 2.05) is 12.1 Å². The molecule has 2 nitrogen and oxygen atoms in total. The molecule has 3 rings (SSSR count). The second-order valence-corrected chi connectivity index (χ2v) is 6.01. The lowest BCUT2D eigenvalue weighted by molar-refractivity contribution is -0.137. The first-order valence-corrected chi connectivity index (χ1v) is 7.11. The van der Waals surface area contributed by atoms with Gasteiger partial charge < -0.3 is 5.11 Å². The van der Waals surface area contributed by atoms with Crippen molar-refractivity contribution >= 4 is 40.8 Å². The summed E-state index contributed by atoms with van der Waals surface area (Å²) in [6.45, 7) is 0. The Kier molecular flexibility index (Phi) is 3.41. The molecule has 1 atom stereocenters. The molecule has 0 saturated carbocycles. The van der Waals surface area contributed by atoms with E-state index in [-0.39, 0.29) is 12.3 Å². The highest BCUT2D eigenvalue weighted by molar-refractivity contribution is 6.36. The molecule has 0 aromatic heterocycles. The van der Waals surface area contributed by atoms with Gasteiger partial charge in [0.25, 0.3) is 0 Å². The van der Waals surface area contributed by atoms with Crippen LogP contribution in [0.2, 0.25) is 15.1 Å². The van der Waals surface area contributed by atoms with Crippen molar-refractivity contribution in [3.8, 4) is 11.1 Å². The summed E-state index contributed by atoms with van der Waals surface area (Å²) in [6.07, 6.45) is -0.0261. The zero-order chi connectivity index (χ0) is 14.4. The molecule has 1 unspecified atom stereocenters. The van der Waals surface area contributed by atoms with E-state index in [1.54, 1.807) is 18.2 Å². The van der Waals surface area contributed by atoms with Gasteiger partial charge in [0.1, 0.15) is 0 Å². The number of halogens is 3. The van der Waals surface area contributed by atoms with E-state index < -0.39 is 5.97 Å². The zero-order valence-electron chi connectivity index (χ0n) is 10.2. The molecule has 1 aliphatic rings. The van der Waals surface area contributed by atoms with Crippen LogP contribution < -0.4 is 0 Å². The number of benzene rings is 2. The van der Waals surface area contributed by atoms with Gasteiger partial charge in [-0.15, -0.1) is 0 Å². The molecule has 0 fully saturated rings. The SMILES string of the molecule is O=C(O)CC1c2cc(Cl)ccc2-c2cc(Cl)cc(Cl)c21. The second kappa shape index (κ2) is 4.96. The van der Waals surface area contributed by atoms with Crippen LogP contribution in [0.4, 0.5) is 0 Å². The molecule has 0 heterocycles. The molecule has 0 spiro atoms. The molecule has 5 heteroatoms. The van der Waals surface area contributed by atoms with Crippen LogP contribution in [-0.4, -0.2) is 11.1 Å². The molecule has 2 aromatic carbocycles. The van der Waals surface area contributed by atoms with Gasteiger partial charge >= 0.3 is 5.97 Å². The summed E-state index contributed by atoms with van der Waals surface area (Å²) in [5.74, 6) is -1.17. The highest BCUT2D eigenvalue weighted by Gasteiger charge is 2.32. The Labute approximate surface area is 130 Å². The van der Waals surface area contributed by atoms with Gasteiger partial charge in [-0.3, -0.25) is 4.79 Å². The first-order valence-electron chi connectivity index (χ1n) is 5.98. The fraction of sp³-hybridized carbons (Fsp3) is 0.133. The smallest absolute Gasteiger partial charge is 0.304 e. The van der Waals surface area contributed by atoms with Crippen molar-refractivity contribution in [1.29, 1.82) is 0 Å². The normalized spacial score (nSPS) is 15.8. The first kappa shape index (κ1) is 13.7. The summed E-state index contributed by atoms with van der Waals surface area (Å²) in [7, 11) is 0. The van der Waals surface area contributed by atoms with Crippen molar-refractivity contribution < 1.29 is 9.90 Å². The third-order valence-electron chi connectivity index (χ3n) is 3.50. The summed E-state index contributed by atoms with van der Waals surface area (Å²) in [5.41, 5.74) is 3.54. The number of carboxylic acid groups (broad SMARTS) is 1. The van der Waals surface area contributed by atoms with Gasteiger partial charge in [0.2, 0.25) is 0 Å². The second-order valence-electron chi connectivity index (χ2n) is 4.73. The number of aliphatic carboxylic acids is 1. The van der Waals surface area contributed by atoms with Gasteiger partial charge in [-0.25, -0.2) is 0 Å². The lowest BCUT2D eigenvalue weighted by Crippen LogP contribution is -2.05. The third-order valence-corrected chi connectivity index (χ3v) is 4.27. The highest BCUT2D eigenvalue weighted by Crippen LogP contribution is 2.50. The Morgan fingerprint density at radius 3 is 2.50 bits per heavy atom. The molecule has 1 N–H and O–H groups in total. The molecule has 1 aliphatic carbocycles. The van der Waals surface area contributed by atoms with Gasteiger partial charge in [0.15, 0.2) is 0 Å². The molecule has 0 amide bonds. The molecule has 0 aliphatic heterocycles. The van der Waals surface area contributed by atoms with E-state index in [2.05, 4.69) is 0 Å². The van der Waals surface area contributed by atoms with E-state index in [9.17, 15) is 4.79 Å². The monoisotopic (exact) mass is 326 g/mol. The zero-order valence-corrected chi connectivity index (χ0v) is 12.4. The van der Waals surface area contributed by atoms with E-state index in [1.165, 1.54) is 0 Å². The number of carbonyl (C=O) groups is 1. The fourth-order valence-corrected chi connectivity index (χ4v) is 3.58. The molecular weight excluding hydrogens is 319 g/mol. The number of hydrogen-bond donors (Lipinski definition) is 1. The maximum atomic E-state index is 11.1. The molecule has 0 saturated heterocycles. The van der Waals surface area contributed by atoms with Crippen LogP contribution in [-0.2, 0) is 4.79 Å². The average Bonchev–Trinajstić information content (AvgIpc) is 2.63. The number of hydrogen-bond acceptors (Lipinski definition) is 1. The number of fused-ring (bicyclic) bond motifs is 3. The van der Waals surface area contributed by atoms with Gasteiger partial charge in [0, 0.05) is 21.0 Å². The van der Waals surface area contributed by atoms with Gasteiger partial charge in [0.05, 0.1) is 6.42 Å². The average molecular weight is 328 g/mol. The molecule has 20 heavy (non-hydrogen) atoms. The predicted octanol–water partition coefficient (Wildman–Crippen LogP) is 5.23. The van der Waals surface area contributed by atoms with Crippen LogP contribution >= 0.6 is 34.8 Å². The van der Waals surface area contributed by atoms with Crippen LogP contribution in [0.25, 0.3) is 11.1 Å². The van der Waals surface area contributed by atoms with Gasteiger partial charge in [-0.05, 0) is 46.5 Å². The highest BCUT2D eigenvalue weighted by atomic mass is 35.5. The summed E-state index contributed by atoms with van der Waals surface area (Å²) < 4.78 is 0. The summed E-state index contributed by atoms with van der Waals surface area (Å²) >= 11 is 18.4. The van der Waals surface area contributed by atoms with Gasteiger partial charge in [-0.1, -0.05) is 40.9 Å². The van der Waals surface area contributed by atoms with Crippen LogP contribution in [0.3, 0.4) is 0 Å². The van der Waals surface area contributed by atoms with Crippen molar-refractivity contribution in [1.82, 2.24) is 0 Å². The topological polar surface area (TPSA) is 37.3 Å². The van der Waals surface area contributed by atoms with E-state index in [0.29, 0.717) is 15.1 Å². The minimum Gasteiger partial charge on any atom is -0.481 e. The molecular formula is C15H9Cl3O2. The third kappa shape index (κ3) is 2.18. The standard InChI is InChI=1S/C15H9Cl3O2/c16-7-1-2-9-10(3-7)12(6-14(19)20)15-11(9)4-8(17)5-13(15)18/h1-5,12H,6H2,(H,19,20). The Morgan fingerprint density at radius 1 is 1.05 bits per heavy atom. The maximum Gasteiger partial charge on any atom is 0.304 e. The summed E-state index contributed by atoms with van der Waals surface area (Å²) in [6, 6.07) is 8.92.